The van der Waals surface area contributed by atoms with Crippen molar-refractivity contribution in [1.82, 2.24) is 5.32 Å². The maximum atomic E-state index is 12.2. The molecule has 1 aromatic carbocycles. The summed E-state index contributed by atoms with van der Waals surface area (Å²) >= 11 is 6.09. The molecule has 1 fully saturated rings. The third-order valence-electron chi connectivity index (χ3n) is 4.28. The van der Waals surface area contributed by atoms with Crippen molar-refractivity contribution in [2.24, 2.45) is 5.41 Å². The number of carbonyl (C=O) groups excluding carboxylic acids is 1. The number of nitrogens with one attached hydrogen (secondary N) is 1. The number of benzene rings is 1. The largest absolute Gasteiger partial charge is 0.355 e. The van der Waals surface area contributed by atoms with Crippen molar-refractivity contribution in [1.29, 1.82) is 0 Å². The Labute approximate surface area is 120 Å². The molecule has 0 aromatic heterocycles. The van der Waals surface area contributed by atoms with Gasteiger partial charge in [-0.1, -0.05) is 43.2 Å². The van der Waals surface area contributed by atoms with Gasteiger partial charge in [0.15, 0.2) is 0 Å². The van der Waals surface area contributed by atoms with E-state index in [4.69, 9.17) is 11.6 Å². The van der Waals surface area contributed by atoms with Gasteiger partial charge < -0.3 is 5.32 Å². The van der Waals surface area contributed by atoms with Gasteiger partial charge in [0, 0.05) is 17.8 Å². The molecule has 1 aliphatic rings. The van der Waals surface area contributed by atoms with Crippen molar-refractivity contribution in [3.8, 4) is 0 Å². The number of carbonyl (C=O) groups is 1. The number of alkyl halides is 1. The van der Waals surface area contributed by atoms with Crippen LogP contribution in [0.2, 0.25) is 0 Å². The van der Waals surface area contributed by atoms with Gasteiger partial charge in [-0.05, 0) is 25.3 Å². The Balaban J connectivity index is 1.91. The van der Waals surface area contributed by atoms with Crippen molar-refractivity contribution >= 4 is 17.5 Å². The summed E-state index contributed by atoms with van der Waals surface area (Å²) in [5, 5.41) is 3.09. The lowest BCUT2D eigenvalue weighted by molar-refractivity contribution is -0.122. The van der Waals surface area contributed by atoms with E-state index in [2.05, 4.69) is 5.32 Å². The Morgan fingerprint density at radius 3 is 2.53 bits per heavy atom. The lowest BCUT2D eigenvalue weighted by Crippen LogP contribution is -2.38. The van der Waals surface area contributed by atoms with Gasteiger partial charge in [0.25, 0.3) is 0 Å². The van der Waals surface area contributed by atoms with Crippen LogP contribution in [0, 0.1) is 5.41 Å². The summed E-state index contributed by atoms with van der Waals surface area (Å²) in [6.45, 7) is 2.67. The molecule has 104 valence electrons. The number of rotatable bonds is 5. The van der Waals surface area contributed by atoms with Crippen molar-refractivity contribution in [3.05, 3.63) is 35.9 Å². The topological polar surface area (TPSA) is 29.1 Å². The molecular weight excluding hydrogens is 258 g/mol. The zero-order valence-corrected chi connectivity index (χ0v) is 12.2. The van der Waals surface area contributed by atoms with Gasteiger partial charge in [0.1, 0.15) is 0 Å². The zero-order valence-electron chi connectivity index (χ0n) is 11.5. The third kappa shape index (κ3) is 3.50. The normalized spacial score (nSPS) is 19.1. The van der Waals surface area contributed by atoms with E-state index in [1.807, 2.05) is 37.3 Å². The van der Waals surface area contributed by atoms with Gasteiger partial charge in [-0.3, -0.25) is 4.79 Å². The first kappa shape index (κ1) is 14.4. The first-order valence-electron chi connectivity index (χ1n) is 7.05. The van der Waals surface area contributed by atoms with Gasteiger partial charge in [-0.25, -0.2) is 0 Å². The molecule has 1 atom stereocenters. The van der Waals surface area contributed by atoms with Crippen LogP contribution in [0.3, 0.4) is 0 Å². The summed E-state index contributed by atoms with van der Waals surface area (Å²) in [6.07, 6.45) is 4.74. The van der Waals surface area contributed by atoms with Crippen molar-refractivity contribution in [2.45, 2.75) is 38.5 Å². The van der Waals surface area contributed by atoms with Crippen molar-refractivity contribution in [2.75, 3.05) is 12.4 Å². The molecule has 3 heteroatoms. The minimum atomic E-state index is -0.102. The molecule has 1 amide bonds. The molecule has 1 aromatic rings. The van der Waals surface area contributed by atoms with Crippen LogP contribution in [0.4, 0.5) is 0 Å². The predicted molar refractivity (Wildman–Crippen MR) is 79.5 cm³/mol. The summed E-state index contributed by atoms with van der Waals surface area (Å²) < 4.78 is 0. The zero-order chi connectivity index (χ0) is 13.7. The molecule has 0 heterocycles. The van der Waals surface area contributed by atoms with E-state index in [0.29, 0.717) is 12.4 Å². The van der Waals surface area contributed by atoms with Crippen molar-refractivity contribution in [3.63, 3.8) is 0 Å². The second kappa shape index (κ2) is 6.42. The third-order valence-corrected chi connectivity index (χ3v) is 4.85. The number of halogens is 1. The van der Waals surface area contributed by atoms with E-state index < -0.39 is 0 Å². The molecule has 1 unspecified atom stereocenters. The molecule has 0 saturated heterocycles. The van der Waals surface area contributed by atoms with E-state index in [1.54, 1.807) is 0 Å². The monoisotopic (exact) mass is 279 g/mol. The highest BCUT2D eigenvalue weighted by Gasteiger charge is 2.33. The second-order valence-electron chi connectivity index (χ2n) is 5.69. The van der Waals surface area contributed by atoms with Gasteiger partial charge in [-0.15, -0.1) is 11.6 Å². The van der Waals surface area contributed by atoms with Crippen LogP contribution in [0.5, 0.6) is 0 Å². The Bertz CT molecular complexity index is 412. The Morgan fingerprint density at radius 1 is 1.32 bits per heavy atom. The lowest BCUT2D eigenvalue weighted by atomic mass is 9.88. The Morgan fingerprint density at radius 2 is 1.95 bits per heavy atom. The first-order chi connectivity index (χ1) is 9.17. The van der Waals surface area contributed by atoms with Crippen LogP contribution in [0.25, 0.3) is 0 Å². The van der Waals surface area contributed by atoms with Gasteiger partial charge in [-0.2, -0.15) is 0 Å². The van der Waals surface area contributed by atoms with Crippen LogP contribution < -0.4 is 5.32 Å². The van der Waals surface area contributed by atoms with Crippen LogP contribution >= 0.6 is 11.6 Å². The molecule has 0 spiro atoms. The highest BCUT2D eigenvalue weighted by molar-refractivity contribution is 6.18. The van der Waals surface area contributed by atoms with Gasteiger partial charge in [0.2, 0.25) is 5.91 Å². The van der Waals surface area contributed by atoms with Crippen molar-refractivity contribution < 1.29 is 4.79 Å². The minimum absolute atomic E-state index is 0.0996. The Kier molecular flexibility index (Phi) is 4.87. The number of amides is 1. The highest BCUT2D eigenvalue weighted by atomic mass is 35.5. The Hall–Kier alpha value is -1.02. The smallest absolute Gasteiger partial charge is 0.227 e. The van der Waals surface area contributed by atoms with Gasteiger partial charge in [0.05, 0.1) is 5.92 Å². The van der Waals surface area contributed by atoms with E-state index >= 15 is 0 Å². The fourth-order valence-corrected chi connectivity index (χ4v) is 3.17. The molecule has 0 aliphatic heterocycles. The average molecular weight is 280 g/mol. The standard InChI is InChI=1S/C16H22ClNO/c1-13(14-7-3-2-4-8-14)15(19)18-12-16(11-17)9-5-6-10-16/h2-4,7-8,13H,5-6,9-12H2,1H3,(H,18,19). The molecule has 1 saturated carbocycles. The molecule has 2 rings (SSSR count). The lowest BCUT2D eigenvalue weighted by Gasteiger charge is -2.27. The van der Waals surface area contributed by atoms with Crippen LogP contribution in [0.15, 0.2) is 30.3 Å². The molecular formula is C16H22ClNO. The fourth-order valence-electron chi connectivity index (χ4n) is 2.80. The number of hydrogen-bond donors (Lipinski definition) is 1. The SMILES string of the molecule is CC(C(=O)NCC1(CCl)CCCC1)c1ccccc1. The van der Waals surface area contributed by atoms with E-state index in [9.17, 15) is 4.79 Å². The molecule has 1 N–H and O–H groups in total. The minimum Gasteiger partial charge on any atom is -0.355 e. The molecule has 1 aliphatic carbocycles. The quantitative estimate of drug-likeness (QED) is 0.818. The summed E-state index contributed by atoms with van der Waals surface area (Å²) in [5.41, 5.74) is 1.19. The maximum Gasteiger partial charge on any atom is 0.227 e. The van der Waals surface area contributed by atoms with Crippen LogP contribution in [-0.2, 0) is 4.79 Å². The summed E-state index contributed by atoms with van der Waals surface area (Å²) in [4.78, 5) is 12.2. The summed E-state index contributed by atoms with van der Waals surface area (Å²) in [6, 6.07) is 9.90. The van der Waals surface area contributed by atoms with E-state index in [1.165, 1.54) is 12.8 Å². The van der Waals surface area contributed by atoms with E-state index in [0.717, 1.165) is 18.4 Å². The average Bonchev–Trinajstić information content (AvgIpc) is 2.94. The fraction of sp³-hybridized carbons (Fsp3) is 0.562. The first-order valence-corrected chi connectivity index (χ1v) is 7.59. The van der Waals surface area contributed by atoms with Gasteiger partial charge >= 0.3 is 0 Å². The molecule has 0 radical (unpaired) electrons. The predicted octanol–water partition coefficient (Wildman–Crippen LogP) is 3.71. The highest BCUT2D eigenvalue weighted by Crippen LogP contribution is 2.38. The number of hydrogen-bond acceptors (Lipinski definition) is 1. The van der Waals surface area contributed by atoms with E-state index in [-0.39, 0.29) is 17.2 Å². The summed E-state index contributed by atoms with van der Waals surface area (Å²) in [5.74, 6) is 0.644. The molecule has 0 bridgehead atoms. The molecule has 2 nitrogen and oxygen atoms in total. The second-order valence-corrected chi connectivity index (χ2v) is 5.96. The van der Waals surface area contributed by atoms with Crippen LogP contribution in [0.1, 0.15) is 44.1 Å². The molecule has 19 heavy (non-hydrogen) atoms. The summed E-state index contributed by atoms with van der Waals surface area (Å²) in [7, 11) is 0. The van der Waals surface area contributed by atoms with Crippen LogP contribution in [-0.4, -0.2) is 18.3 Å². The maximum absolute atomic E-state index is 12.2.